The highest BCUT2D eigenvalue weighted by molar-refractivity contribution is 7.89. The van der Waals surface area contributed by atoms with Crippen molar-refractivity contribution < 1.29 is 27.8 Å². The normalized spacial score (nSPS) is 21.8. The van der Waals surface area contributed by atoms with Gasteiger partial charge in [0.05, 0.1) is 25.5 Å². The van der Waals surface area contributed by atoms with Crippen molar-refractivity contribution in [3.8, 4) is 11.5 Å². The maximum atomic E-state index is 13.1. The van der Waals surface area contributed by atoms with Crippen molar-refractivity contribution in [2.24, 2.45) is 5.41 Å². The molecular weight excluding hydrogens is 520 g/mol. The van der Waals surface area contributed by atoms with Crippen LogP contribution in [0.2, 0.25) is 0 Å². The van der Waals surface area contributed by atoms with E-state index >= 15 is 0 Å². The monoisotopic (exact) mass is 560 g/mol. The van der Waals surface area contributed by atoms with Gasteiger partial charge < -0.3 is 29.7 Å². The molecule has 39 heavy (non-hydrogen) atoms. The zero-order valence-electron chi connectivity index (χ0n) is 23.1. The Hall–Kier alpha value is -2.86. The molecule has 2 aromatic carbocycles. The maximum absolute atomic E-state index is 13.1. The number of nitrogens with zero attached hydrogens (tertiary/aromatic N) is 2. The molecule has 1 unspecified atom stereocenters. The number of likely N-dealkylation sites (tertiary alicyclic amines) is 1. The van der Waals surface area contributed by atoms with Crippen LogP contribution in [0.5, 0.6) is 11.5 Å². The summed E-state index contributed by atoms with van der Waals surface area (Å²) in [5, 5.41) is 13.5. The van der Waals surface area contributed by atoms with Crippen LogP contribution in [-0.4, -0.2) is 88.9 Å². The van der Waals surface area contributed by atoms with Crippen LogP contribution in [0.4, 0.5) is 10.5 Å². The summed E-state index contributed by atoms with van der Waals surface area (Å²) in [5.74, 6) is 1.10. The molecule has 2 amide bonds. The first-order valence-corrected chi connectivity index (χ1v) is 14.8. The lowest BCUT2D eigenvalue weighted by Crippen LogP contribution is -2.52. The molecule has 3 N–H and O–H groups in total. The number of carbonyl (C=O) groups is 1. The highest BCUT2D eigenvalue weighted by Gasteiger charge is 2.39. The van der Waals surface area contributed by atoms with Gasteiger partial charge in [0.1, 0.15) is 16.4 Å². The molecule has 214 valence electrons. The van der Waals surface area contributed by atoms with Gasteiger partial charge in [-0.3, -0.25) is 0 Å². The number of hydrogen-bond donors (Lipinski definition) is 3. The maximum Gasteiger partial charge on any atom is 0.321 e. The molecule has 2 aliphatic rings. The number of anilines is 1. The van der Waals surface area contributed by atoms with Crippen molar-refractivity contribution in [3.05, 3.63) is 48.0 Å². The standard InChI is InChI=1S/C28H40N4O6S/c1-20(2)21-9-10-26-25(15-21)38-19-28(18-31(3)17-22(33)16-29-39(26,35)36)11-13-32(14-12-28)27(34)30-23-7-5-6-8-24(23)37-4/h5-10,15,20,22,29,33H,11-14,16-19H2,1-4H3,(H,30,34). The SMILES string of the molecule is COc1ccccc1NC(=O)N1CCC2(CC1)COc1cc(C(C)C)ccc1S(=O)(=O)NCC(O)CN(C)C2. The average Bonchev–Trinajstić information content (AvgIpc) is 2.90. The highest BCUT2D eigenvalue weighted by Crippen LogP contribution is 2.36. The van der Waals surface area contributed by atoms with Crippen LogP contribution >= 0.6 is 0 Å². The van der Waals surface area contributed by atoms with E-state index < -0.39 is 16.1 Å². The summed E-state index contributed by atoms with van der Waals surface area (Å²) in [4.78, 5) is 16.9. The van der Waals surface area contributed by atoms with E-state index in [9.17, 15) is 18.3 Å². The predicted octanol–water partition coefficient (Wildman–Crippen LogP) is 3.10. The Bertz CT molecular complexity index is 1260. The van der Waals surface area contributed by atoms with Crippen LogP contribution in [0.3, 0.4) is 0 Å². The third-order valence-electron chi connectivity index (χ3n) is 7.55. The van der Waals surface area contributed by atoms with Crippen LogP contribution in [-0.2, 0) is 10.0 Å². The van der Waals surface area contributed by atoms with Crippen molar-refractivity contribution in [2.75, 3.05) is 58.8 Å². The molecule has 0 radical (unpaired) electrons. The molecule has 4 rings (SSSR count). The molecule has 1 atom stereocenters. The number of aliphatic hydroxyl groups excluding tert-OH is 1. The van der Waals surface area contributed by atoms with Crippen molar-refractivity contribution in [2.45, 2.75) is 43.6 Å². The fraction of sp³-hybridized carbons (Fsp3) is 0.536. The van der Waals surface area contributed by atoms with Gasteiger partial charge in [-0.1, -0.05) is 32.0 Å². The summed E-state index contributed by atoms with van der Waals surface area (Å²) in [6.45, 7) is 6.25. The zero-order chi connectivity index (χ0) is 28.2. The number of likely N-dealkylation sites (N-methyl/N-ethyl adjacent to an activating group) is 1. The first-order chi connectivity index (χ1) is 18.5. The number of sulfonamides is 1. The van der Waals surface area contributed by atoms with E-state index in [4.69, 9.17) is 9.47 Å². The molecule has 1 spiro atoms. The minimum Gasteiger partial charge on any atom is -0.495 e. The lowest BCUT2D eigenvalue weighted by Gasteiger charge is -2.44. The van der Waals surface area contributed by atoms with Gasteiger partial charge in [-0.2, -0.15) is 0 Å². The summed E-state index contributed by atoms with van der Waals surface area (Å²) in [5.41, 5.74) is 1.25. The van der Waals surface area contributed by atoms with E-state index in [1.165, 1.54) is 0 Å². The highest BCUT2D eigenvalue weighted by atomic mass is 32.2. The van der Waals surface area contributed by atoms with E-state index in [1.807, 2.05) is 37.9 Å². The molecule has 0 aromatic heterocycles. The van der Waals surface area contributed by atoms with Gasteiger partial charge in [0.2, 0.25) is 10.0 Å². The average molecular weight is 561 g/mol. The van der Waals surface area contributed by atoms with Crippen molar-refractivity contribution >= 4 is 21.7 Å². The van der Waals surface area contributed by atoms with Crippen LogP contribution in [0, 0.1) is 5.41 Å². The molecule has 10 nitrogen and oxygen atoms in total. The van der Waals surface area contributed by atoms with Gasteiger partial charge in [-0.05, 0) is 55.6 Å². The number of rotatable bonds is 3. The number of aliphatic hydroxyl groups is 1. The zero-order valence-corrected chi connectivity index (χ0v) is 24.0. The lowest BCUT2D eigenvalue weighted by molar-refractivity contribution is 0.0255. The molecule has 2 heterocycles. The van der Waals surface area contributed by atoms with E-state index in [1.54, 1.807) is 42.3 Å². The molecule has 11 heteroatoms. The number of fused-ring (bicyclic) bond motifs is 1. The molecule has 0 bridgehead atoms. The van der Waals surface area contributed by atoms with Gasteiger partial charge in [0, 0.05) is 38.1 Å². The number of amides is 2. The third kappa shape index (κ3) is 7.02. The second-order valence-corrected chi connectivity index (χ2v) is 12.7. The van der Waals surface area contributed by atoms with E-state index in [0.717, 1.165) is 5.56 Å². The summed E-state index contributed by atoms with van der Waals surface area (Å²) in [6, 6.07) is 12.3. The Morgan fingerprint density at radius 2 is 1.92 bits per heavy atom. The third-order valence-corrected chi connectivity index (χ3v) is 9.02. The molecule has 0 aliphatic carbocycles. The minimum atomic E-state index is -3.89. The first-order valence-electron chi connectivity index (χ1n) is 13.3. The lowest BCUT2D eigenvalue weighted by atomic mass is 9.78. The van der Waals surface area contributed by atoms with Gasteiger partial charge in [-0.15, -0.1) is 0 Å². The number of piperidine rings is 1. The van der Waals surface area contributed by atoms with Gasteiger partial charge in [-0.25, -0.2) is 17.9 Å². The number of carbonyl (C=O) groups excluding carboxylic acids is 1. The van der Waals surface area contributed by atoms with Crippen molar-refractivity contribution in [1.29, 1.82) is 0 Å². The van der Waals surface area contributed by atoms with Crippen LogP contribution < -0.4 is 19.5 Å². The summed E-state index contributed by atoms with van der Waals surface area (Å²) < 4.78 is 40.5. The molecule has 0 saturated carbocycles. The number of benzene rings is 2. The minimum absolute atomic E-state index is 0.0665. The number of methoxy groups -OCH3 is 1. The van der Waals surface area contributed by atoms with Crippen LogP contribution in [0.25, 0.3) is 0 Å². The predicted molar refractivity (Wildman–Crippen MR) is 150 cm³/mol. The quantitative estimate of drug-likeness (QED) is 0.528. The summed E-state index contributed by atoms with van der Waals surface area (Å²) in [7, 11) is -0.406. The summed E-state index contributed by atoms with van der Waals surface area (Å²) >= 11 is 0. The number of nitrogens with one attached hydrogen (secondary N) is 2. The Kier molecular flexibility index (Phi) is 9.05. The molecule has 1 fully saturated rings. The Morgan fingerprint density at radius 3 is 2.62 bits per heavy atom. The molecule has 2 aromatic rings. The van der Waals surface area contributed by atoms with Crippen LogP contribution in [0.1, 0.15) is 38.2 Å². The molecule has 2 aliphatic heterocycles. The van der Waals surface area contributed by atoms with Crippen LogP contribution in [0.15, 0.2) is 47.4 Å². The largest absolute Gasteiger partial charge is 0.495 e. The topological polar surface area (TPSA) is 120 Å². The Labute approximate surface area is 231 Å². The van der Waals surface area contributed by atoms with E-state index in [-0.39, 0.29) is 28.8 Å². The van der Waals surface area contributed by atoms with E-state index in [2.05, 4.69) is 10.0 Å². The Morgan fingerprint density at radius 1 is 1.21 bits per heavy atom. The second-order valence-electron chi connectivity index (χ2n) is 11.0. The fourth-order valence-electron chi connectivity index (χ4n) is 5.27. The Balaban J connectivity index is 1.56. The van der Waals surface area contributed by atoms with Gasteiger partial charge in [0.15, 0.2) is 0 Å². The number of ether oxygens (including phenoxy) is 2. The van der Waals surface area contributed by atoms with Crippen molar-refractivity contribution in [3.63, 3.8) is 0 Å². The second kappa shape index (κ2) is 12.1. The van der Waals surface area contributed by atoms with E-state index in [0.29, 0.717) is 62.8 Å². The number of para-hydroxylation sites is 2. The number of β-amino-alcohol motifs (C(OH)–C–C–N with tert-alkyl or cyclic N) is 1. The molecule has 1 saturated heterocycles. The number of urea groups is 1. The summed E-state index contributed by atoms with van der Waals surface area (Å²) in [6.07, 6.45) is 0.459. The smallest absolute Gasteiger partial charge is 0.321 e. The van der Waals surface area contributed by atoms with Gasteiger partial charge in [0.25, 0.3) is 0 Å². The molecular formula is C28H40N4O6S. The first kappa shape index (κ1) is 29.1. The van der Waals surface area contributed by atoms with Crippen molar-refractivity contribution in [1.82, 2.24) is 14.5 Å². The number of hydrogen-bond acceptors (Lipinski definition) is 7. The van der Waals surface area contributed by atoms with Gasteiger partial charge >= 0.3 is 6.03 Å². The fourth-order valence-corrected chi connectivity index (χ4v) is 6.47.